The zero-order chi connectivity index (χ0) is 9.98. The van der Waals surface area contributed by atoms with E-state index in [4.69, 9.17) is 11.1 Å². The molecule has 0 saturated heterocycles. The molecule has 0 fully saturated rings. The smallest absolute Gasteiger partial charge is 0.211 e. The molecule has 0 bridgehead atoms. The zero-order valence-electron chi connectivity index (χ0n) is 8.05. The predicted molar refractivity (Wildman–Crippen MR) is 46.9 cm³/mol. The van der Waals surface area contributed by atoms with Crippen molar-refractivity contribution in [2.24, 2.45) is 5.92 Å². The van der Waals surface area contributed by atoms with E-state index < -0.39 is 0 Å². The zero-order valence-corrected chi connectivity index (χ0v) is 8.05. The molecule has 0 aliphatic rings. The monoisotopic (exact) mass is 172 g/mol. The molecule has 1 atom stereocenters. The van der Waals surface area contributed by atoms with Crippen molar-refractivity contribution in [3.05, 3.63) is 0 Å². The number of carbonyl (C=O) groups excluding carboxylic acids is 1. The van der Waals surface area contributed by atoms with Crippen LogP contribution in [0.5, 0.6) is 0 Å². The Hall–Kier alpha value is -1.02. The highest BCUT2D eigenvalue weighted by Gasteiger charge is 2.07. The summed E-state index contributed by atoms with van der Waals surface area (Å²) in [7, 11) is 0. The van der Waals surface area contributed by atoms with Gasteiger partial charge < -0.3 is 0 Å². The van der Waals surface area contributed by atoms with E-state index in [-0.39, 0.29) is 5.92 Å². The molecule has 4 heteroatoms. The summed E-state index contributed by atoms with van der Waals surface area (Å²) in [5.41, 5.74) is 11.0. The molecule has 1 unspecified atom stereocenters. The highest BCUT2D eigenvalue weighted by atomic mass is 16.1. The van der Waals surface area contributed by atoms with Crippen LogP contribution in [0.4, 0.5) is 0 Å². The molecule has 0 rings (SSSR count). The molecular formula is C8H18N3O+. The van der Waals surface area contributed by atoms with E-state index in [2.05, 4.69) is 6.92 Å². The number of carbonyl (C=O) groups is 1. The van der Waals surface area contributed by atoms with Crippen molar-refractivity contribution < 1.29 is 4.79 Å². The summed E-state index contributed by atoms with van der Waals surface area (Å²) in [4.78, 5) is 13.0. The van der Waals surface area contributed by atoms with Gasteiger partial charge in [0.15, 0.2) is 0 Å². The first-order valence-corrected chi connectivity index (χ1v) is 4.19. The van der Waals surface area contributed by atoms with Crippen LogP contribution in [0.25, 0.3) is 0 Å². The Kier molecular flexibility index (Phi) is 11.3. The van der Waals surface area contributed by atoms with Crippen LogP contribution in [-0.4, -0.2) is 5.78 Å². The van der Waals surface area contributed by atoms with Gasteiger partial charge in [0, 0.05) is 12.3 Å². The summed E-state index contributed by atoms with van der Waals surface area (Å²) < 4.78 is 0. The Morgan fingerprint density at radius 3 is 2.08 bits per heavy atom. The Labute approximate surface area is 73.4 Å². The van der Waals surface area contributed by atoms with Crippen LogP contribution in [0.2, 0.25) is 0 Å². The van der Waals surface area contributed by atoms with Crippen molar-refractivity contribution in [1.29, 1.82) is 11.1 Å². The minimum absolute atomic E-state index is 0.282. The van der Waals surface area contributed by atoms with Gasteiger partial charge in [-0.15, -0.1) is 0 Å². The Morgan fingerprint density at radius 1 is 1.42 bits per heavy atom. The van der Waals surface area contributed by atoms with Crippen molar-refractivity contribution >= 4 is 5.78 Å². The molecule has 0 aliphatic carbocycles. The number of nitrogens with one attached hydrogen (secondary N) is 2. The maximum atomic E-state index is 11.0. The Bertz CT molecular complexity index is 150. The molecule has 4 nitrogen and oxygen atoms in total. The lowest BCUT2D eigenvalue weighted by molar-refractivity contribution is -0.122. The van der Waals surface area contributed by atoms with Crippen molar-refractivity contribution in [2.45, 2.75) is 40.0 Å². The summed E-state index contributed by atoms with van der Waals surface area (Å²) in [6.07, 6.45) is 2.73. The van der Waals surface area contributed by atoms with Crippen molar-refractivity contribution in [3.8, 4) is 0 Å². The minimum atomic E-state index is 0.282. The van der Waals surface area contributed by atoms with Crippen LogP contribution in [0.3, 0.4) is 0 Å². The normalized spacial score (nSPS) is 10.6. The summed E-state index contributed by atoms with van der Waals surface area (Å²) in [6, 6.07) is 0. The fourth-order valence-electron chi connectivity index (χ4n) is 0.720. The summed E-state index contributed by atoms with van der Waals surface area (Å²) in [5, 5.41) is 0. The Morgan fingerprint density at radius 2 is 1.83 bits per heavy atom. The van der Waals surface area contributed by atoms with E-state index in [1.165, 1.54) is 0 Å². The fourth-order valence-corrected chi connectivity index (χ4v) is 0.720. The van der Waals surface area contributed by atoms with Gasteiger partial charge in [0.2, 0.25) is 4.91 Å². The summed E-state index contributed by atoms with van der Waals surface area (Å²) in [6.45, 7) is 6.09. The van der Waals surface area contributed by atoms with E-state index >= 15 is 0 Å². The van der Waals surface area contributed by atoms with Crippen LogP contribution in [-0.2, 0) is 4.79 Å². The van der Waals surface area contributed by atoms with Gasteiger partial charge in [0.05, 0.1) is 0 Å². The van der Waals surface area contributed by atoms with Gasteiger partial charge in [0.1, 0.15) is 16.8 Å². The van der Waals surface area contributed by atoms with Crippen LogP contribution in [0.1, 0.15) is 40.0 Å². The van der Waals surface area contributed by atoms with Gasteiger partial charge in [-0.25, -0.2) is 0 Å². The Balaban J connectivity index is 0. The standard InChI is InChI=1S/C8H16O.H2N3/c1-4-6-8(9)7(3)5-2;1-3-2/h7H,4-6H2,1-3H3;1-2H/q;+1. The second-order valence-electron chi connectivity index (χ2n) is 2.64. The van der Waals surface area contributed by atoms with Crippen molar-refractivity contribution in [2.75, 3.05) is 0 Å². The first-order chi connectivity index (χ1) is 5.63. The highest BCUT2D eigenvalue weighted by molar-refractivity contribution is 5.80. The second kappa shape index (κ2) is 9.98. The number of hydrogen-bond donors (Lipinski definition) is 2. The van der Waals surface area contributed by atoms with Crippen LogP contribution >= 0.6 is 0 Å². The molecule has 0 amide bonds. The van der Waals surface area contributed by atoms with E-state index in [9.17, 15) is 4.79 Å². The van der Waals surface area contributed by atoms with Gasteiger partial charge in [-0.2, -0.15) is 0 Å². The number of hydrogen-bond acceptors (Lipinski definition) is 3. The molecule has 0 spiro atoms. The van der Waals surface area contributed by atoms with Crippen LogP contribution in [0.15, 0.2) is 0 Å². The average Bonchev–Trinajstić information content (AvgIpc) is 2.05. The largest absolute Gasteiger partial charge is 0.299 e. The number of Topliss-reactive ketones (excluding diaryl/α,β-unsaturated/α-hetero) is 1. The summed E-state index contributed by atoms with van der Waals surface area (Å²) in [5.74, 6) is 0.699. The minimum Gasteiger partial charge on any atom is -0.299 e. The first kappa shape index (κ1) is 13.6. The third-order valence-electron chi connectivity index (χ3n) is 1.66. The maximum Gasteiger partial charge on any atom is 0.211 e. The van der Waals surface area contributed by atoms with E-state index in [0.717, 1.165) is 19.3 Å². The lowest BCUT2D eigenvalue weighted by Gasteiger charge is -2.03. The van der Waals surface area contributed by atoms with Gasteiger partial charge >= 0.3 is 0 Å². The summed E-state index contributed by atoms with van der Waals surface area (Å²) >= 11 is 0. The van der Waals surface area contributed by atoms with E-state index in [1.807, 2.05) is 18.8 Å². The number of nitrogens with zero attached hydrogens (tertiary/aromatic N) is 1. The second-order valence-corrected chi connectivity index (χ2v) is 2.64. The molecule has 0 radical (unpaired) electrons. The van der Waals surface area contributed by atoms with Crippen LogP contribution < -0.4 is 4.91 Å². The lowest BCUT2D eigenvalue weighted by atomic mass is 10.0. The van der Waals surface area contributed by atoms with Gasteiger partial charge in [-0.1, -0.05) is 20.8 Å². The van der Waals surface area contributed by atoms with E-state index in [1.54, 1.807) is 0 Å². The van der Waals surface area contributed by atoms with Crippen LogP contribution in [0, 0.1) is 17.0 Å². The maximum absolute atomic E-state index is 11.0. The third kappa shape index (κ3) is 8.98. The number of rotatable bonds is 4. The van der Waals surface area contributed by atoms with Crippen molar-refractivity contribution in [3.63, 3.8) is 0 Å². The quantitative estimate of drug-likeness (QED) is 0.496. The molecule has 0 aliphatic heterocycles. The lowest BCUT2D eigenvalue weighted by Crippen LogP contribution is -2.08. The molecule has 0 heterocycles. The SMILES string of the molecule is CCCC(=O)C(C)CC.N=[N+]=N. The van der Waals surface area contributed by atoms with Gasteiger partial charge in [-0.05, 0) is 12.8 Å². The van der Waals surface area contributed by atoms with Crippen molar-refractivity contribution in [1.82, 2.24) is 4.91 Å². The predicted octanol–water partition coefficient (Wildman–Crippen LogP) is 2.52. The first-order valence-electron chi connectivity index (χ1n) is 4.19. The molecule has 0 aromatic heterocycles. The third-order valence-corrected chi connectivity index (χ3v) is 1.66. The fraction of sp³-hybridized carbons (Fsp3) is 0.875. The average molecular weight is 172 g/mol. The molecule has 0 aromatic carbocycles. The highest BCUT2D eigenvalue weighted by Crippen LogP contribution is 2.05. The molecule has 12 heavy (non-hydrogen) atoms. The molecule has 70 valence electrons. The van der Waals surface area contributed by atoms with E-state index in [0.29, 0.717) is 5.78 Å². The molecular weight excluding hydrogens is 154 g/mol. The number of ketones is 1. The van der Waals surface area contributed by atoms with Gasteiger partial charge in [-0.3, -0.25) is 4.79 Å². The topological polar surface area (TPSA) is 78.9 Å². The van der Waals surface area contributed by atoms with Gasteiger partial charge in [0.25, 0.3) is 0 Å². The molecule has 0 saturated carbocycles. The molecule has 0 aromatic rings. The molecule has 2 N–H and O–H groups in total.